The predicted octanol–water partition coefficient (Wildman–Crippen LogP) is 2.98. The molecule has 0 bridgehead atoms. The van der Waals surface area contributed by atoms with Gasteiger partial charge in [0.1, 0.15) is 17.6 Å². The molecule has 0 aliphatic carbocycles. The van der Waals surface area contributed by atoms with E-state index in [-0.39, 0.29) is 11.9 Å². The number of carbonyl (C=O) groups excluding carboxylic acids is 1. The molecule has 0 saturated carbocycles. The van der Waals surface area contributed by atoms with Crippen molar-refractivity contribution < 1.29 is 14.3 Å². The SMILES string of the molecule is CC(CC(O)c1ccco1)NC(=O)c1cn(C)nc1-c1cccs1. The quantitative estimate of drug-likeness (QED) is 0.720. The van der Waals surface area contributed by atoms with Crippen molar-refractivity contribution in [2.75, 3.05) is 0 Å². The van der Waals surface area contributed by atoms with E-state index < -0.39 is 6.10 Å². The number of furan rings is 1. The summed E-state index contributed by atoms with van der Waals surface area (Å²) in [5.74, 6) is 0.294. The Hall–Kier alpha value is -2.38. The molecule has 0 aromatic carbocycles. The molecule has 1 amide bonds. The van der Waals surface area contributed by atoms with Crippen molar-refractivity contribution in [2.24, 2.45) is 7.05 Å². The Kier molecular flexibility index (Phi) is 4.82. The Morgan fingerprint density at radius 1 is 1.46 bits per heavy atom. The van der Waals surface area contributed by atoms with Gasteiger partial charge in [-0.2, -0.15) is 5.10 Å². The van der Waals surface area contributed by atoms with Gasteiger partial charge in [0.2, 0.25) is 0 Å². The molecule has 0 saturated heterocycles. The van der Waals surface area contributed by atoms with Gasteiger partial charge in [0.15, 0.2) is 0 Å². The normalized spacial score (nSPS) is 13.6. The number of aliphatic hydroxyl groups is 1. The van der Waals surface area contributed by atoms with Crippen molar-refractivity contribution in [3.63, 3.8) is 0 Å². The summed E-state index contributed by atoms with van der Waals surface area (Å²) in [6.07, 6.45) is 2.85. The molecule has 6 nitrogen and oxygen atoms in total. The molecule has 0 aliphatic heterocycles. The maximum atomic E-state index is 12.6. The topological polar surface area (TPSA) is 80.3 Å². The second kappa shape index (κ2) is 7.02. The van der Waals surface area contributed by atoms with Crippen LogP contribution in [-0.2, 0) is 7.05 Å². The van der Waals surface area contributed by atoms with E-state index in [9.17, 15) is 9.90 Å². The van der Waals surface area contributed by atoms with Crippen LogP contribution in [0.15, 0.2) is 46.5 Å². The highest BCUT2D eigenvalue weighted by atomic mass is 32.1. The Balaban J connectivity index is 1.69. The van der Waals surface area contributed by atoms with Crippen molar-refractivity contribution in [3.8, 4) is 10.6 Å². The molecular formula is C17H19N3O3S. The fourth-order valence-corrected chi connectivity index (χ4v) is 3.27. The monoisotopic (exact) mass is 345 g/mol. The maximum absolute atomic E-state index is 12.6. The van der Waals surface area contributed by atoms with E-state index in [4.69, 9.17) is 4.42 Å². The fraction of sp³-hybridized carbons (Fsp3) is 0.294. The summed E-state index contributed by atoms with van der Waals surface area (Å²) >= 11 is 1.54. The Morgan fingerprint density at radius 3 is 2.96 bits per heavy atom. The first kappa shape index (κ1) is 16.5. The average Bonchev–Trinajstić information content (AvgIpc) is 3.28. The van der Waals surface area contributed by atoms with Crippen LogP contribution in [0.1, 0.15) is 35.6 Å². The Bertz CT molecular complexity index is 793. The number of nitrogens with one attached hydrogen (secondary N) is 1. The van der Waals surface area contributed by atoms with Crippen LogP contribution >= 0.6 is 11.3 Å². The number of amides is 1. The molecule has 0 spiro atoms. The second-order valence-corrected chi connectivity index (χ2v) is 6.63. The zero-order valence-electron chi connectivity index (χ0n) is 13.5. The molecule has 2 N–H and O–H groups in total. The maximum Gasteiger partial charge on any atom is 0.255 e. The minimum Gasteiger partial charge on any atom is -0.467 e. The largest absolute Gasteiger partial charge is 0.467 e. The van der Waals surface area contributed by atoms with Crippen LogP contribution in [0, 0.1) is 0 Å². The van der Waals surface area contributed by atoms with Gasteiger partial charge in [0, 0.05) is 25.7 Å². The van der Waals surface area contributed by atoms with E-state index in [2.05, 4.69) is 10.4 Å². The van der Waals surface area contributed by atoms with Gasteiger partial charge in [0.25, 0.3) is 5.91 Å². The molecule has 0 fully saturated rings. The number of hydrogen-bond acceptors (Lipinski definition) is 5. The van der Waals surface area contributed by atoms with Crippen LogP contribution in [0.25, 0.3) is 10.6 Å². The minimum absolute atomic E-state index is 0.203. The number of carbonyl (C=O) groups is 1. The number of rotatable bonds is 6. The number of thiophene rings is 1. The zero-order valence-corrected chi connectivity index (χ0v) is 14.3. The van der Waals surface area contributed by atoms with Crippen LogP contribution in [0.2, 0.25) is 0 Å². The number of aliphatic hydroxyl groups excluding tert-OH is 1. The standard InChI is InChI=1S/C17H19N3O3S/c1-11(9-13(21)14-5-3-7-23-14)18-17(22)12-10-20(2)19-16(12)15-6-4-8-24-15/h3-8,10-11,13,21H,9H2,1-2H3,(H,18,22). The summed E-state index contributed by atoms with van der Waals surface area (Å²) in [4.78, 5) is 13.5. The van der Waals surface area contributed by atoms with Crippen molar-refractivity contribution in [1.82, 2.24) is 15.1 Å². The first-order chi connectivity index (χ1) is 11.5. The molecule has 0 radical (unpaired) electrons. The smallest absolute Gasteiger partial charge is 0.255 e. The molecule has 3 heterocycles. The molecule has 2 unspecified atom stereocenters. The van der Waals surface area contributed by atoms with Crippen LogP contribution < -0.4 is 5.32 Å². The summed E-state index contributed by atoms with van der Waals surface area (Å²) < 4.78 is 6.81. The lowest BCUT2D eigenvalue weighted by Gasteiger charge is -2.16. The summed E-state index contributed by atoms with van der Waals surface area (Å²) in [5, 5.41) is 19.4. The third kappa shape index (κ3) is 3.58. The average molecular weight is 345 g/mol. The molecule has 3 aromatic rings. The molecule has 24 heavy (non-hydrogen) atoms. The molecule has 2 atom stereocenters. The highest BCUT2D eigenvalue weighted by Gasteiger charge is 2.21. The summed E-state index contributed by atoms with van der Waals surface area (Å²) in [5.41, 5.74) is 1.20. The molecule has 126 valence electrons. The van der Waals surface area contributed by atoms with Gasteiger partial charge in [-0.05, 0) is 30.5 Å². The molecule has 0 aliphatic rings. The van der Waals surface area contributed by atoms with Gasteiger partial charge in [-0.3, -0.25) is 9.48 Å². The highest BCUT2D eigenvalue weighted by molar-refractivity contribution is 7.13. The second-order valence-electron chi connectivity index (χ2n) is 5.68. The lowest BCUT2D eigenvalue weighted by Crippen LogP contribution is -2.33. The summed E-state index contributed by atoms with van der Waals surface area (Å²) in [7, 11) is 1.79. The highest BCUT2D eigenvalue weighted by Crippen LogP contribution is 2.26. The first-order valence-corrected chi connectivity index (χ1v) is 8.52. The van der Waals surface area contributed by atoms with Gasteiger partial charge in [-0.15, -0.1) is 11.3 Å². The predicted molar refractivity (Wildman–Crippen MR) is 91.7 cm³/mol. The lowest BCUT2D eigenvalue weighted by atomic mass is 10.1. The van der Waals surface area contributed by atoms with Gasteiger partial charge >= 0.3 is 0 Å². The summed E-state index contributed by atoms with van der Waals surface area (Å²) in [6, 6.07) is 7.10. The van der Waals surface area contributed by atoms with Gasteiger partial charge in [-0.25, -0.2) is 0 Å². The van der Waals surface area contributed by atoms with Crippen molar-refractivity contribution in [3.05, 3.63) is 53.4 Å². The molecule has 7 heteroatoms. The van der Waals surface area contributed by atoms with E-state index in [0.29, 0.717) is 23.4 Å². The Morgan fingerprint density at radius 2 is 2.29 bits per heavy atom. The fourth-order valence-electron chi connectivity index (χ4n) is 2.54. The molecule has 3 rings (SSSR count). The number of aryl methyl sites for hydroxylation is 1. The van der Waals surface area contributed by atoms with E-state index in [0.717, 1.165) is 4.88 Å². The van der Waals surface area contributed by atoms with E-state index in [1.54, 1.807) is 41.4 Å². The van der Waals surface area contributed by atoms with Crippen LogP contribution in [0.3, 0.4) is 0 Å². The lowest BCUT2D eigenvalue weighted by molar-refractivity contribution is 0.0903. The third-order valence-electron chi connectivity index (χ3n) is 3.65. The molecule has 3 aromatic heterocycles. The van der Waals surface area contributed by atoms with Crippen molar-refractivity contribution >= 4 is 17.2 Å². The molecular weight excluding hydrogens is 326 g/mol. The van der Waals surface area contributed by atoms with Gasteiger partial charge in [-0.1, -0.05) is 6.07 Å². The first-order valence-electron chi connectivity index (χ1n) is 7.64. The van der Waals surface area contributed by atoms with Gasteiger partial charge in [0.05, 0.1) is 16.7 Å². The van der Waals surface area contributed by atoms with Crippen LogP contribution in [0.4, 0.5) is 0 Å². The van der Waals surface area contributed by atoms with Gasteiger partial charge < -0.3 is 14.8 Å². The third-order valence-corrected chi connectivity index (χ3v) is 4.53. The minimum atomic E-state index is -0.749. The zero-order chi connectivity index (χ0) is 17.1. The van der Waals surface area contributed by atoms with Crippen molar-refractivity contribution in [1.29, 1.82) is 0 Å². The van der Waals surface area contributed by atoms with Crippen molar-refractivity contribution in [2.45, 2.75) is 25.5 Å². The number of hydrogen-bond donors (Lipinski definition) is 2. The van der Waals surface area contributed by atoms with E-state index in [1.807, 2.05) is 24.4 Å². The number of nitrogens with zero attached hydrogens (tertiary/aromatic N) is 2. The van der Waals surface area contributed by atoms with Crippen LogP contribution in [-0.4, -0.2) is 26.8 Å². The van der Waals surface area contributed by atoms with E-state index in [1.165, 1.54) is 6.26 Å². The number of aromatic nitrogens is 2. The summed E-state index contributed by atoms with van der Waals surface area (Å²) in [6.45, 7) is 1.85. The Labute approximate surface area is 143 Å². The van der Waals surface area contributed by atoms with Crippen LogP contribution in [0.5, 0.6) is 0 Å². The van der Waals surface area contributed by atoms with E-state index >= 15 is 0 Å².